The molecule has 3 N–H and O–H groups in total. The van der Waals surface area contributed by atoms with E-state index in [1.807, 2.05) is 0 Å². The van der Waals surface area contributed by atoms with Crippen LogP contribution >= 0.6 is 0 Å². The zero-order chi connectivity index (χ0) is 13.5. The fraction of sp³-hybridized carbons (Fsp3) is 0.933. The standard InChI is InChI=1S/C15H29N3O/c16-10-5-11-18(14-8-9-14)12-15(19)17-13-6-3-1-2-4-7-13/h13-14H,1-12,16H2,(H,17,19). The first kappa shape index (κ1) is 14.8. The first-order chi connectivity index (χ1) is 9.29. The molecule has 0 aromatic rings. The Morgan fingerprint density at radius 3 is 2.37 bits per heavy atom. The monoisotopic (exact) mass is 267 g/mol. The summed E-state index contributed by atoms with van der Waals surface area (Å²) in [5.74, 6) is 0.218. The van der Waals surface area contributed by atoms with Crippen molar-refractivity contribution in [2.24, 2.45) is 5.73 Å². The maximum atomic E-state index is 12.1. The normalized spacial score (nSPS) is 21.4. The highest BCUT2D eigenvalue weighted by atomic mass is 16.2. The Bertz CT molecular complexity index is 271. The number of nitrogens with zero attached hydrogens (tertiary/aromatic N) is 1. The second-order valence-electron chi connectivity index (χ2n) is 6.10. The van der Waals surface area contributed by atoms with Gasteiger partial charge in [-0.3, -0.25) is 9.69 Å². The molecule has 0 atom stereocenters. The largest absolute Gasteiger partial charge is 0.352 e. The zero-order valence-corrected chi connectivity index (χ0v) is 12.1. The molecule has 0 unspecified atom stereocenters. The van der Waals surface area contributed by atoms with Crippen LogP contribution in [0.2, 0.25) is 0 Å². The summed E-state index contributed by atoms with van der Waals surface area (Å²) in [5.41, 5.74) is 5.57. The van der Waals surface area contributed by atoms with E-state index in [1.165, 1.54) is 38.5 Å². The molecule has 0 radical (unpaired) electrons. The van der Waals surface area contributed by atoms with Crippen LogP contribution in [-0.4, -0.2) is 42.5 Å². The molecule has 4 nitrogen and oxygen atoms in total. The predicted molar refractivity (Wildman–Crippen MR) is 77.9 cm³/mol. The highest BCUT2D eigenvalue weighted by molar-refractivity contribution is 5.78. The number of amides is 1. The van der Waals surface area contributed by atoms with Crippen molar-refractivity contribution in [2.75, 3.05) is 19.6 Å². The summed E-state index contributed by atoms with van der Waals surface area (Å²) >= 11 is 0. The van der Waals surface area contributed by atoms with Gasteiger partial charge in [-0.15, -0.1) is 0 Å². The van der Waals surface area contributed by atoms with Gasteiger partial charge in [0.25, 0.3) is 0 Å². The maximum absolute atomic E-state index is 12.1. The Kier molecular flexibility index (Phi) is 6.11. The average Bonchev–Trinajstić information content (AvgIpc) is 3.21. The van der Waals surface area contributed by atoms with Crippen molar-refractivity contribution in [3.05, 3.63) is 0 Å². The van der Waals surface area contributed by atoms with Crippen LogP contribution in [0.3, 0.4) is 0 Å². The second kappa shape index (κ2) is 7.85. The van der Waals surface area contributed by atoms with E-state index < -0.39 is 0 Å². The van der Waals surface area contributed by atoms with E-state index >= 15 is 0 Å². The van der Waals surface area contributed by atoms with Crippen molar-refractivity contribution >= 4 is 5.91 Å². The topological polar surface area (TPSA) is 58.4 Å². The molecule has 2 rings (SSSR count). The SMILES string of the molecule is NCCCN(CC(=O)NC1CCCCCC1)C1CC1. The molecule has 0 bridgehead atoms. The number of nitrogens with one attached hydrogen (secondary N) is 1. The molecule has 0 aromatic carbocycles. The third-order valence-electron chi connectivity index (χ3n) is 4.28. The van der Waals surface area contributed by atoms with Gasteiger partial charge in [0, 0.05) is 18.6 Å². The molecule has 2 aliphatic rings. The summed E-state index contributed by atoms with van der Waals surface area (Å²) in [7, 11) is 0. The van der Waals surface area contributed by atoms with Gasteiger partial charge in [0.15, 0.2) is 0 Å². The van der Waals surface area contributed by atoms with E-state index in [-0.39, 0.29) is 5.91 Å². The van der Waals surface area contributed by atoms with Crippen molar-refractivity contribution < 1.29 is 4.79 Å². The summed E-state index contributed by atoms with van der Waals surface area (Å²) < 4.78 is 0. The first-order valence-electron chi connectivity index (χ1n) is 8.03. The van der Waals surface area contributed by atoms with Crippen LogP contribution in [0.5, 0.6) is 0 Å². The number of hydrogen-bond acceptors (Lipinski definition) is 3. The molecule has 0 spiro atoms. The van der Waals surface area contributed by atoms with E-state index in [0.29, 0.717) is 25.2 Å². The fourth-order valence-corrected chi connectivity index (χ4v) is 3.01. The summed E-state index contributed by atoms with van der Waals surface area (Å²) in [6.45, 7) is 2.26. The number of nitrogens with two attached hydrogens (primary N) is 1. The molecule has 19 heavy (non-hydrogen) atoms. The highest BCUT2D eigenvalue weighted by Crippen LogP contribution is 2.26. The number of hydrogen-bond donors (Lipinski definition) is 2. The second-order valence-corrected chi connectivity index (χ2v) is 6.10. The van der Waals surface area contributed by atoms with E-state index in [2.05, 4.69) is 10.2 Å². The fourth-order valence-electron chi connectivity index (χ4n) is 3.01. The molecule has 0 aliphatic heterocycles. The Hall–Kier alpha value is -0.610. The van der Waals surface area contributed by atoms with Crippen molar-refractivity contribution in [1.82, 2.24) is 10.2 Å². The first-order valence-corrected chi connectivity index (χ1v) is 8.03. The molecule has 2 fully saturated rings. The minimum Gasteiger partial charge on any atom is -0.352 e. The van der Waals surface area contributed by atoms with Gasteiger partial charge in [0.2, 0.25) is 5.91 Å². The Labute approximate surface area is 117 Å². The van der Waals surface area contributed by atoms with E-state index in [4.69, 9.17) is 5.73 Å². The molecule has 1 amide bonds. The van der Waals surface area contributed by atoms with Gasteiger partial charge in [0.1, 0.15) is 0 Å². The predicted octanol–water partition coefficient (Wildman–Crippen LogP) is 1.64. The molecule has 0 saturated heterocycles. The van der Waals surface area contributed by atoms with E-state index in [0.717, 1.165) is 25.8 Å². The molecule has 2 aliphatic carbocycles. The molecule has 0 aromatic heterocycles. The van der Waals surface area contributed by atoms with E-state index in [1.54, 1.807) is 0 Å². The lowest BCUT2D eigenvalue weighted by Crippen LogP contribution is -2.43. The van der Waals surface area contributed by atoms with Crippen LogP contribution in [0.15, 0.2) is 0 Å². The molecule has 4 heteroatoms. The van der Waals surface area contributed by atoms with Crippen LogP contribution in [-0.2, 0) is 4.79 Å². The lowest BCUT2D eigenvalue weighted by atomic mass is 10.1. The summed E-state index contributed by atoms with van der Waals surface area (Å²) in [4.78, 5) is 14.5. The Morgan fingerprint density at radius 2 is 1.79 bits per heavy atom. The van der Waals surface area contributed by atoms with Gasteiger partial charge in [-0.1, -0.05) is 25.7 Å². The smallest absolute Gasteiger partial charge is 0.234 e. The summed E-state index contributed by atoms with van der Waals surface area (Å²) in [6, 6.07) is 1.07. The van der Waals surface area contributed by atoms with Gasteiger partial charge < -0.3 is 11.1 Å². The number of rotatable bonds is 7. The van der Waals surface area contributed by atoms with Gasteiger partial charge in [-0.2, -0.15) is 0 Å². The van der Waals surface area contributed by atoms with Gasteiger partial charge >= 0.3 is 0 Å². The summed E-state index contributed by atoms with van der Waals surface area (Å²) in [6.07, 6.45) is 11.0. The number of carbonyl (C=O) groups is 1. The quantitative estimate of drug-likeness (QED) is 0.689. The molecule has 0 heterocycles. The van der Waals surface area contributed by atoms with Crippen molar-refractivity contribution in [3.63, 3.8) is 0 Å². The van der Waals surface area contributed by atoms with Crippen LogP contribution in [0.4, 0.5) is 0 Å². The van der Waals surface area contributed by atoms with Crippen LogP contribution in [0.1, 0.15) is 57.8 Å². The third-order valence-corrected chi connectivity index (χ3v) is 4.28. The molecular weight excluding hydrogens is 238 g/mol. The van der Waals surface area contributed by atoms with Gasteiger partial charge in [-0.25, -0.2) is 0 Å². The highest BCUT2D eigenvalue weighted by Gasteiger charge is 2.30. The van der Waals surface area contributed by atoms with Crippen molar-refractivity contribution in [3.8, 4) is 0 Å². The summed E-state index contributed by atoms with van der Waals surface area (Å²) in [5, 5.41) is 3.24. The van der Waals surface area contributed by atoms with Crippen LogP contribution < -0.4 is 11.1 Å². The maximum Gasteiger partial charge on any atom is 0.234 e. The van der Waals surface area contributed by atoms with E-state index in [9.17, 15) is 4.79 Å². The Morgan fingerprint density at radius 1 is 1.11 bits per heavy atom. The van der Waals surface area contributed by atoms with Crippen molar-refractivity contribution in [1.29, 1.82) is 0 Å². The number of carbonyl (C=O) groups excluding carboxylic acids is 1. The minimum atomic E-state index is 0.218. The van der Waals surface area contributed by atoms with Crippen LogP contribution in [0.25, 0.3) is 0 Å². The van der Waals surface area contributed by atoms with Gasteiger partial charge in [0.05, 0.1) is 6.54 Å². The Balaban J connectivity index is 1.71. The lowest BCUT2D eigenvalue weighted by Gasteiger charge is -2.23. The lowest BCUT2D eigenvalue weighted by molar-refractivity contribution is -0.123. The van der Waals surface area contributed by atoms with Gasteiger partial charge in [-0.05, 0) is 38.6 Å². The van der Waals surface area contributed by atoms with Crippen LogP contribution in [0, 0.1) is 0 Å². The minimum absolute atomic E-state index is 0.218. The van der Waals surface area contributed by atoms with Crippen molar-refractivity contribution in [2.45, 2.75) is 69.9 Å². The average molecular weight is 267 g/mol. The molecule has 110 valence electrons. The molecule has 2 saturated carbocycles. The third kappa shape index (κ3) is 5.49. The zero-order valence-electron chi connectivity index (χ0n) is 12.1. The molecular formula is C15H29N3O.